The Morgan fingerprint density at radius 3 is 1.05 bits per heavy atom. The third-order valence-corrected chi connectivity index (χ3v) is 17.4. The third kappa shape index (κ3) is 31.8. The van der Waals surface area contributed by atoms with Crippen molar-refractivity contribution in [1.82, 2.24) is 19.6 Å². The number of nitrogens with two attached hydrogens (primary N) is 1. The van der Waals surface area contributed by atoms with Crippen LogP contribution in [0.3, 0.4) is 0 Å². The van der Waals surface area contributed by atoms with Gasteiger partial charge in [0.25, 0.3) is 0 Å². The zero-order valence-corrected chi connectivity index (χ0v) is 68.5. The van der Waals surface area contributed by atoms with Crippen molar-refractivity contribution >= 4 is 120 Å². The smallest absolute Gasteiger partial charge is 0.443 e. The Bertz CT molecular complexity index is 2960. The van der Waals surface area contributed by atoms with Crippen LogP contribution >= 0.6 is 63.7 Å². The average molecular weight is 1630 g/mol. The maximum atomic E-state index is 14.5. The van der Waals surface area contributed by atoms with Gasteiger partial charge in [-0.3, -0.25) is 9.80 Å². The normalized spacial score (nSPS) is 17.0. The van der Waals surface area contributed by atoms with Gasteiger partial charge in [-0.15, -0.1) is 0 Å². The van der Waals surface area contributed by atoms with Crippen LogP contribution in [-0.4, -0.2) is 206 Å². The third-order valence-electron chi connectivity index (χ3n) is 15.6. The van der Waals surface area contributed by atoms with E-state index in [4.69, 9.17) is 43.1 Å². The topological polar surface area (TPSA) is 165 Å². The highest BCUT2D eigenvalue weighted by Crippen LogP contribution is 2.43. The molecule has 3 saturated heterocycles. The molecule has 4 aromatic carbocycles. The van der Waals surface area contributed by atoms with Gasteiger partial charge in [0.1, 0.15) is 34.5 Å². The van der Waals surface area contributed by atoms with Gasteiger partial charge in [0.2, 0.25) is 0 Å². The number of ether oxygens (including phenoxy) is 2. The number of carbonyl (C=O) groups excluding carboxylic acids is 2. The number of likely N-dealkylation sites (N-methyl/N-ethyl adjacent to an activating group) is 4. The Hall–Kier alpha value is -3.39. The van der Waals surface area contributed by atoms with Crippen molar-refractivity contribution in [3.63, 3.8) is 0 Å². The number of halogens is 8. The second-order valence-electron chi connectivity index (χ2n) is 29.6. The fourth-order valence-corrected chi connectivity index (χ4v) is 10.5. The number of rotatable bonds is 16. The number of nitrogens with one attached hydrogen (secondary N) is 1. The SMILES string of the molecule is CC1(C)OB(B2OC(C)(C)C(C)(C)O2)OC1(C)C.CN(C)CCN.CN(C)CCN(C(=O)OC(C)(C)C)c1cc(F)cc(B2OC(C)(C)C(C)(C)O2)c1.CN(C)CCN(C(=O)OC(C)(C)C)c1cc(F)cc(Br)c1.CN(C)CCNc1cc(F)cc(Br)c1.Fc1cc(Br)cc(Br)c1. The predicted molar refractivity (Wildman–Crippen MR) is 403 cm³/mol. The minimum Gasteiger partial charge on any atom is -0.443 e. The first-order chi connectivity index (χ1) is 44.1. The van der Waals surface area contributed by atoms with E-state index in [0.29, 0.717) is 47.5 Å². The monoisotopic (exact) mass is 1620 g/mol. The molecule has 0 atom stereocenters. The van der Waals surface area contributed by atoms with E-state index in [1.165, 1.54) is 58.3 Å². The van der Waals surface area contributed by atoms with Crippen molar-refractivity contribution in [2.24, 2.45) is 5.73 Å². The van der Waals surface area contributed by atoms with E-state index in [9.17, 15) is 27.2 Å². The zero-order valence-electron chi connectivity index (χ0n) is 62.2. The summed E-state index contributed by atoms with van der Waals surface area (Å²) in [4.78, 5) is 36.1. The van der Waals surface area contributed by atoms with Crippen LogP contribution < -0.4 is 26.3 Å². The van der Waals surface area contributed by atoms with Gasteiger partial charge in [0.15, 0.2) is 0 Å². The standard InChI is InChI=1S/C21H34BFN2O4.C15H22BrFN2O2.C12H24B2O4.C10H14BrFN2.C6H3Br2F.C4H12N2/c1-19(2,3)27-18(26)25(11-10-24(8)9)17-13-15(12-16(23)14-17)22-28-20(4,5)21(6,7)29-22;1-15(2,3)21-14(20)19(7-6-18(4)5)13-9-11(16)8-12(17)10-13;1-9(2)10(3,4)16-13(15-9)14-17-11(5,6)12(7,8)18-14;1-14(2)4-3-13-10-6-8(11)5-9(12)7-10;7-4-1-5(8)3-6(9)2-4;1-6(2)4-3-5/h12-14H,10-11H2,1-9H3;8-10H,6-7H2,1-5H3;1-8H3;5-7,13H,3-4H2,1-2H3;1-3H;3-5H2,1-2H3. The van der Waals surface area contributed by atoms with Gasteiger partial charge in [-0.05, 0) is 259 Å². The average Bonchev–Trinajstić information content (AvgIpc) is 1.61. The van der Waals surface area contributed by atoms with Crippen LogP contribution in [0.5, 0.6) is 0 Å². The van der Waals surface area contributed by atoms with Gasteiger partial charge >= 0.3 is 33.3 Å². The zero-order chi connectivity index (χ0) is 74.8. The van der Waals surface area contributed by atoms with E-state index in [0.717, 1.165) is 45.3 Å². The molecule has 4 aromatic rings. The Kier molecular flexibility index (Phi) is 35.3. The number of nitrogens with zero attached hydrogens (tertiary/aromatic N) is 6. The number of hydrogen-bond acceptors (Lipinski definition) is 16. The van der Waals surface area contributed by atoms with Crippen molar-refractivity contribution in [1.29, 1.82) is 0 Å². The molecule has 2 amide bonds. The highest BCUT2D eigenvalue weighted by atomic mass is 79.9. The highest BCUT2D eigenvalue weighted by Gasteiger charge is 2.64. The quantitative estimate of drug-likeness (QED) is 0.0803. The van der Waals surface area contributed by atoms with Crippen LogP contribution in [0.2, 0.25) is 0 Å². The Labute approximate surface area is 612 Å². The summed E-state index contributed by atoms with van der Waals surface area (Å²) >= 11 is 12.8. The maximum Gasteiger partial charge on any atom is 0.495 e. The minimum atomic E-state index is -0.719. The van der Waals surface area contributed by atoms with E-state index in [-0.39, 0.29) is 34.0 Å². The summed E-state index contributed by atoms with van der Waals surface area (Å²) in [6, 6.07) is 18.2. The molecule has 29 heteroatoms. The summed E-state index contributed by atoms with van der Waals surface area (Å²) in [7, 11) is 14.0. The maximum absolute atomic E-state index is 14.5. The van der Waals surface area contributed by atoms with Crippen LogP contribution in [0.25, 0.3) is 0 Å². The molecular weight excluding hydrogens is 1520 g/mol. The lowest BCUT2D eigenvalue weighted by atomic mass is 9.49. The summed E-state index contributed by atoms with van der Waals surface area (Å²) in [5.41, 5.74) is 3.62. The molecule has 3 aliphatic rings. The molecule has 0 spiro atoms. The number of carbonyl (C=O) groups is 2. The summed E-state index contributed by atoms with van der Waals surface area (Å²) < 4.78 is 103. The molecule has 546 valence electrons. The van der Waals surface area contributed by atoms with E-state index in [1.54, 1.807) is 59.7 Å². The molecule has 3 heterocycles. The molecule has 0 saturated carbocycles. The molecule has 0 aromatic heterocycles. The minimum absolute atomic E-state index is 0.230. The van der Waals surface area contributed by atoms with Gasteiger partial charge < -0.3 is 68.0 Å². The van der Waals surface area contributed by atoms with Crippen molar-refractivity contribution < 1.29 is 64.6 Å². The van der Waals surface area contributed by atoms with Crippen molar-refractivity contribution in [3.05, 3.63) is 114 Å². The number of hydrogen-bond donors (Lipinski definition) is 2. The van der Waals surface area contributed by atoms with Gasteiger partial charge in [0, 0.05) is 81.6 Å². The van der Waals surface area contributed by atoms with Crippen LogP contribution in [0.15, 0.2) is 90.7 Å². The second-order valence-corrected chi connectivity index (χ2v) is 33.3. The Morgan fingerprint density at radius 2 is 0.742 bits per heavy atom. The fourth-order valence-electron chi connectivity index (χ4n) is 8.31. The molecule has 3 fully saturated rings. The lowest BCUT2D eigenvalue weighted by molar-refractivity contribution is 0.00578. The summed E-state index contributed by atoms with van der Waals surface area (Å²) in [6.45, 7) is 40.3. The van der Waals surface area contributed by atoms with E-state index in [2.05, 4.69) is 78.8 Å². The molecule has 18 nitrogen and oxygen atoms in total. The van der Waals surface area contributed by atoms with Crippen LogP contribution in [-0.2, 0) is 37.4 Å². The van der Waals surface area contributed by atoms with Crippen LogP contribution in [0.1, 0.15) is 125 Å². The second kappa shape index (κ2) is 38.2. The summed E-state index contributed by atoms with van der Waals surface area (Å²) in [6.07, 6.45) is -1.01. The molecule has 0 aliphatic carbocycles. The fraction of sp³-hybridized carbons (Fsp3) is 0.618. The van der Waals surface area contributed by atoms with E-state index >= 15 is 0 Å². The summed E-state index contributed by atoms with van der Waals surface area (Å²) in [5.74, 6) is -1.34. The van der Waals surface area contributed by atoms with Crippen molar-refractivity contribution in [2.75, 3.05) is 124 Å². The van der Waals surface area contributed by atoms with Crippen LogP contribution in [0, 0.1) is 23.3 Å². The predicted octanol–water partition coefficient (Wildman–Crippen LogP) is 15.0. The van der Waals surface area contributed by atoms with E-state index < -0.39 is 67.4 Å². The Balaban J connectivity index is 0.000000419. The molecular formula is C68H109B3Br4F4N8O10. The molecule has 7 rings (SSSR count). The molecule has 97 heavy (non-hydrogen) atoms. The van der Waals surface area contributed by atoms with Gasteiger partial charge in [0.05, 0.1) is 39.3 Å². The molecule has 0 unspecified atom stereocenters. The van der Waals surface area contributed by atoms with Crippen molar-refractivity contribution in [3.8, 4) is 0 Å². The molecule has 0 bridgehead atoms. The van der Waals surface area contributed by atoms with E-state index in [1.807, 2.05) is 155 Å². The Morgan fingerprint density at radius 1 is 0.433 bits per heavy atom. The largest absolute Gasteiger partial charge is 0.495 e. The lowest BCUT2D eigenvalue weighted by Gasteiger charge is -2.32. The van der Waals surface area contributed by atoms with Gasteiger partial charge in [-0.25, -0.2) is 27.2 Å². The molecule has 0 radical (unpaired) electrons. The number of benzene rings is 4. The molecule has 3 aliphatic heterocycles. The number of anilines is 3. The molecule has 3 N–H and O–H groups in total. The van der Waals surface area contributed by atoms with Crippen LogP contribution in [0.4, 0.5) is 44.2 Å². The van der Waals surface area contributed by atoms with Crippen molar-refractivity contribution in [2.45, 2.75) is 169 Å². The highest BCUT2D eigenvalue weighted by molar-refractivity contribution is 9.11. The first-order valence-electron chi connectivity index (χ1n) is 32.1. The first kappa shape index (κ1) is 89.7. The number of amides is 2. The lowest BCUT2D eigenvalue weighted by Crippen LogP contribution is -2.42. The van der Waals surface area contributed by atoms with Gasteiger partial charge in [-0.2, -0.15) is 0 Å². The summed E-state index contributed by atoms with van der Waals surface area (Å²) in [5, 5.41) is 3.15. The van der Waals surface area contributed by atoms with Gasteiger partial charge in [-0.1, -0.05) is 63.7 Å². The first-order valence-corrected chi connectivity index (χ1v) is 35.2.